The Morgan fingerprint density at radius 1 is 0.953 bits per heavy atom. The minimum absolute atomic E-state index is 0.0203. The summed E-state index contributed by atoms with van der Waals surface area (Å²) in [5, 5.41) is 2.93. The van der Waals surface area contributed by atoms with E-state index in [-0.39, 0.29) is 29.5 Å². The summed E-state index contributed by atoms with van der Waals surface area (Å²) in [7, 11) is -2.78. The van der Waals surface area contributed by atoms with E-state index in [2.05, 4.69) is 5.32 Å². The molecule has 0 unspecified atom stereocenters. The molecule has 0 radical (unpaired) electrons. The fraction of sp³-hybridized carbons (Fsp3) is 0.375. The molecule has 232 valence electrons. The van der Waals surface area contributed by atoms with E-state index in [1.165, 1.54) is 48.4 Å². The molecule has 0 saturated heterocycles. The Morgan fingerprint density at radius 2 is 1.60 bits per heavy atom. The first-order valence-corrected chi connectivity index (χ1v) is 15.5. The lowest BCUT2D eigenvalue weighted by atomic mass is 10.1. The maximum atomic E-state index is 14.2. The Kier molecular flexibility index (Phi) is 11.2. The van der Waals surface area contributed by atoms with Crippen molar-refractivity contribution in [3.05, 3.63) is 84.2 Å². The van der Waals surface area contributed by atoms with E-state index in [0.717, 1.165) is 16.4 Å². The van der Waals surface area contributed by atoms with Gasteiger partial charge in [-0.1, -0.05) is 19.1 Å². The molecule has 3 rings (SSSR count). The number of halogens is 1. The van der Waals surface area contributed by atoms with Crippen molar-refractivity contribution in [2.45, 2.75) is 64.1 Å². The Balaban J connectivity index is 2.07. The largest absolute Gasteiger partial charge is 0.497 e. The van der Waals surface area contributed by atoms with Gasteiger partial charge in [-0.2, -0.15) is 0 Å². The van der Waals surface area contributed by atoms with E-state index in [9.17, 15) is 22.4 Å². The van der Waals surface area contributed by atoms with Gasteiger partial charge in [0.15, 0.2) is 0 Å². The highest BCUT2D eigenvalue weighted by molar-refractivity contribution is 7.92. The van der Waals surface area contributed by atoms with E-state index >= 15 is 0 Å². The third kappa shape index (κ3) is 8.93. The van der Waals surface area contributed by atoms with Crippen molar-refractivity contribution in [2.24, 2.45) is 0 Å². The second-order valence-electron chi connectivity index (χ2n) is 10.9. The molecule has 1 atom stereocenters. The van der Waals surface area contributed by atoms with Crippen LogP contribution in [0.5, 0.6) is 11.5 Å². The van der Waals surface area contributed by atoms with E-state index in [0.29, 0.717) is 23.7 Å². The molecule has 43 heavy (non-hydrogen) atoms. The molecule has 11 heteroatoms. The highest BCUT2D eigenvalue weighted by Gasteiger charge is 2.34. The highest BCUT2D eigenvalue weighted by atomic mass is 32.2. The van der Waals surface area contributed by atoms with Crippen LogP contribution in [-0.2, 0) is 26.2 Å². The topological polar surface area (TPSA) is 105 Å². The molecule has 0 aliphatic heterocycles. The zero-order valence-corrected chi connectivity index (χ0v) is 26.3. The molecule has 0 saturated carbocycles. The number of benzene rings is 3. The van der Waals surface area contributed by atoms with Crippen LogP contribution in [0.25, 0.3) is 0 Å². The summed E-state index contributed by atoms with van der Waals surface area (Å²) >= 11 is 0. The lowest BCUT2D eigenvalue weighted by Crippen LogP contribution is -2.55. The number of hydrogen-bond acceptors (Lipinski definition) is 6. The van der Waals surface area contributed by atoms with Crippen molar-refractivity contribution in [3.8, 4) is 11.5 Å². The van der Waals surface area contributed by atoms with Crippen LogP contribution in [0.15, 0.2) is 77.7 Å². The summed E-state index contributed by atoms with van der Waals surface area (Å²) in [5.41, 5.74) is 0.223. The number of carbonyl (C=O) groups is 2. The summed E-state index contributed by atoms with van der Waals surface area (Å²) in [6.07, 6.45) is 0.278. The van der Waals surface area contributed by atoms with E-state index < -0.39 is 39.9 Å². The van der Waals surface area contributed by atoms with Gasteiger partial charge in [-0.3, -0.25) is 13.9 Å². The Hall–Kier alpha value is -4.12. The fourth-order valence-electron chi connectivity index (χ4n) is 4.48. The summed E-state index contributed by atoms with van der Waals surface area (Å²) in [5.74, 6) is -0.473. The predicted molar refractivity (Wildman–Crippen MR) is 164 cm³/mol. The van der Waals surface area contributed by atoms with Crippen LogP contribution in [0.1, 0.15) is 46.6 Å². The van der Waals surface area contributed by atoms with Gasteiger partial charge in [0, 0.05) is 12.1 Å². The number of anilines is 1. The van der Waals surface area contributed by atoms with Gasteiger partial charge < -0.3 is 19.7 Å². The van der Waals surface area contributed by atoms with Gasteiger partial charge in [-0.25, -0.2) is 12.8 Å². The Morgan fingerprint density at radius 3 is 2.16 bits per heavy atom. The molecule has 0 aromatic heterocycles. The first-order chi connectivity index (χ1) is 20.3. The van der Waals surface area contributed by atoms with Gasteiger partial charge in [0.05, 0.1) is 24.3 Å². The van der Waals surface area contributed by atoms with Crippen LogP contribution in [0.3, 0.4) is 0 Å². The summed E-state index contributed by atoms with van der Waals surface area (Å²) in [6.45, 7) is 8.91. The predicted octanol–water partition coefficient (Wildman–Crippen LogP) is 5.15. The monoisotopic (exact) mass is 613 g/mol. The average molecular weight is 614 g/mol. The van der Waals surface area contributed by atoms with Crippen LogP contribution in [-0.4, -0.2) is 57.0 Å². The van der Waals surface area contributed by atoms with Gasteiger partial charge >= 0.3 is 0 Å². The molecule has 1 N–H and O–H groups in total. The summed E-state index contributed by atoms with van der Waals surface area (Å²) < 4.78 is 53.5. The molecule has 0 aliphatic rings. The Labute approximate surface area is 253 Å². The number of amides is 2. The van der Waals surface area contributed by atoms with Crippen molar-refractivity contribution in [3.63, 3.8) is 0 Å². The summed E-state index contributed by atoms with van der Waals surface area (Å²) in [6, 6.07) is 16.9. The maximum Gasteiger partial charge on any atom is 0.264 e. The number of methoxy groups -OCH3 is 1. The molecule has 3 aromatic rings. The lowest BCUT2D eigenvalue weighted by Gasteiger charge is -2.34. The average Bonchev–Trinajstić information content (AvgIpc) is 2.96. The number of nitrogens with one attached hydrogen (secondary N) is 1. The second kappa shape index (κ2) is 14.4. The highest BCUT2D eigenvalue weighted by Crippen LogP contribution is 2.27. The fourth-order valence-corrected chi connectivity index (χ4v) is 5.89. The van der Waals surface area contributed by atoms with Crippen molar-refractivity contribution in [1.82, 2.24) is 10.2 Å². The van der Waals surface area contributed by atoms with E-state index in [4.69, 9.17) is 9.47 Å². The quantitative estimate of drug-likeness (QED) is 0.286. The number of carbonyl (C=O) groups excluding carboxylic acids is 2. The van der Waals surface area contributed by atoms with E-state index in [1.54, 1.807) is 31.2 Å². The van der Waals surface area contributed by atoms with Gasteiger partial charge in [-0.05, 0) is 100 Å². The van der Waals surface area contributed by atoms with Crippen LogP contribution in [0, 0.1) is 5.82 Å². The lowest BCUT2D eigenvalue weighted by molar-refractivity contribution is -0.141. The number of sulfonamides is 1. The van der Waals surface area contributed by atoms with Crippen molar-refractivity contribution >= 4 is 27.5 Å². The third-order valence-corrected chi connectivity index (χ3v) is 8.28. The van der Waals surface area contributed by atoms with Crippen LogP contribution in [0.4, 0.5) is 10.1 Å². The number of hydrogen-bond donors (Lipinski definition) is 1. The molecule has 0 spiro atoms. The molecule has 0 fully saturated rings. The van der Waals surface area contributed by atoms with Gasteiger partial charge in [0.2, 0.25) is 11.8 Å². The number of rotatable bonds is 13. The molecule has 0 heterocycles. The van der Waals surface area contributed by atoms with E-state index in [1.807, 2.05) is 27.7 Å². The van der Waals surface area contributed by atoms with Crippen LogP contribution in [0.2, 0.25) is 0 Å². The maximum absolute atomic E-state index is 14.2. The van der Waals surface area contributed by atoms with Crippen molar-refractivity contribution in [2.75, 3.05) is 24.6 Å². The first kappa shape index (κ1) is 33.4. The van der Waals surface area contributed by atoms with Gasteiger partial charge in [0.25, 0.3) is 10.0 Å². The zero-order valence-electron chi connectivity index (χ0n) is 25.5. The molecule has 9 nitrogen and oxygen atoms in total. The van der Waals surface area contributed by atoms with Crippen LogP contribution < -0.4 is 19.1 Å². The van der Waals surface area contributed by atoms with Crippen LogP contribution >= 0.6 is 0 Å². The smallest absolute Gasteiger partial charge is 0.264 e. The van der Waals surface area contributed by atoms with Gasteiger partial charge in [0.1, 0.15) is 29.9 Å². The minimum Gasteiger partial charge on any atom is -0.497 e. The second-order valence-corrected chi connectivity index (χ2v) is 12.8. The summed E-state index contributed by atoms with van der Waals surface area (Å²) in [4.78, 5) is 28.9. The van der Waals surface area contributed by atoms with Gasteiger partial charge in [-0.15, -0.1) is 0 Å². The normalized spacial score (nSPS) is 12.3. The minimum atomic E-state index is -4.30. The molecule has 3 aromatic carbocycles. The van der Waals surface area contributed by atoms with Crippen molar-refractivity contribution in [1.29, 1.82) is 0 Å². The molecular weight excluding hydrogens is 573 g/mol. The molecule has 0 bridgehead atoms. The Bertz CT molecular complexity index is 1490. The molecule has 0 aliphatic carbocycles. The molecular formula is C32H40FN3O6S. The first-order valence-electron chi connectivity index (χ1n) is 14.0. The number of nitrogens with zero attached hydrogens (tertiary/aromatic N) is 2. The van der Waals surface area contributed by atoms with Crippen molar-refractivity contribution < 1.29 is 31.9 Å². The standard InChI is InChI=1S/C32H40FN3O6S/c1-7-29(31(38)34-32(3,4)5)35(21-23-10-9-11-27(20-23)41-6)30(37)22-36(25-14-12-24(33)13-15-25)43(39,40)28-18-16-26(17-19-28)42-8-2/h9-20,29H,7-8,21-22H2,1-6H3,(H,34,38)/t29-/m0/s1. The zero-order chi connectivity index (χ0) is 31.8. The number of ether oxygens (including phenoxy) is 2. The molecule has 2 amide bonds. The third-order valence-electron chi connectivity index (χ3n) is 6.49. The SMILES string of the molecule is CCOc1ccc(S(=O)(=O)N(CC(=O)N(Cc2cccc(OC)c2)[C@@H](CC)C(=O)NC(C)(C)C)c2ccc(F)cc2)cc1.